The van der Waals surface area contributed by atoms with E-state index in [1.54, 1.807) is 13.2 Å². The van der Waals surface area contributed by atoms with Crippen LogP contribution in [0.15, 0.2) is 23.7 Å². The highest BCUT2D eigenvalue weighted by molar-refractivity contribution is 5.75. The highest BCUT2D eigenvalue weighted by Gasteiger charge is 2.23. The van der Waals surface area contributed by atoms with E-state index in [4.69, 9.17) is 18.9 Å². The van der Waals surface area contributed by atoms with Crippen LogP contribution < -0.4 is 0 Å². The molecular weight excluding hydrogens is 236 g/mol. The Bertz CT molecular complexity index is 332. The molecule has 0 amide bonds. The van der Waals surface area contributed by atoms with Crippen LogP contribution in [-0.2, 0) is 23.7 Å². The minimum absolute atomic E-state index is 0.269. The maximum Gasteiger partial charge on any atom is 0.312 e. The molecule has 0 saturated heterocycles. The Hall–Kier alpha value is -1.49. The number of allylic oxidation sites excluding steroid dienone is 1. The number of ether oxygens (including phenoxy) is 4. The Morgan fingerprint density at radius 2 is 2.11 bits per heavy atom. The van der Waals surface area contributed by atoms with E-state index in [-0.39, 0.29) is 11.9 Å². The Morgan fingerprint density at radius 1 is 1.33 bits per heavy atom. The van der Waals surface area contributed by atoms with Gasteiger partial charge in [-0.25, -0.2) is 0 Å². The van der Waals surface area contributed by atoms with Gasteiger partial charge >= 0.3 is 5.97 Å². The summed E-state index contributed by atoms with van der Waals surface area (Å²) in [6.07, 6.45) is 4.12. The molecule has 1 aliphatic carbocycles. The van der Waals surface area contributed by atoms with Crippen LogP contribution in [0.2, 0.25) is 0 Å². The van der Waals surface area contributed by atoms with Gasteiger partial charge in [-0.05, 0) is 25.5 Å². The van der Waals surface area contributed by atoms with Gasteiger partial charge in [-0.1, -0.05) is 0 Å². The molecule has 1 atom stereocenters. The molecule has 0 fully saturated rings. The van der Waals surface area contributed by atoms with E-state index in [0.717, 1.165) is 0 Å². The summed E-state index contributed by atoms with van der Waals surface area (Å²) in [4.78, 5) is 11.4. The monoisotopic (exact) mass is 256 g/mol. The standard InChI is InChI=1S/C13H20O5/c1-4-17-7-8-18-11-6-5-10(13(14)16-3)9-12(11)15-2/h6,9-10H,4-5,7-8H2,1-3H3. The zero-order valence-corrected chi connectivity index (χ0v) is 11.1. The first-order valence-corrected chi connectivity index (χ1v) is 5.97. The number of esters is 1. The zero-order valence-electron chi connectivity index (χ0n) is 11.1. The number of methoxy groups -OCH3 is 2. The van der Waals surface area contributed by atoms with Crippen LogP contribution in [0, 0.1) is 5.92 Å². The summed E-state index contributed by atoms with van der Waals surface area (Å²) in [6.45, 7) is 3.59. The lowest BCUT2D eigenvalue weighted by Crippen LogP contribution is -2.18. The second-order valence-electron chi connectivity index (χ2n) is 3.71. The van der Waals surface area contributed by atoms with Gasteiger partial charge in [-0.3, -0.25) is 4.79 Å². The Morgan fingerprint density at radius 3 is 2.72 bits per heavy atom. The predicted octanol–water partition coefficient (Wildman–Crippen LogP) is 1.65. The summed E-state index contributed by atoms with van der Waals surface area (Å²) in [5, 5.41) is 0. The molecule has 1 rings (SSSR count). The van der Waals surface area contributed by atoms with Crippen molar-refractivity contribution in [2.45, 2.75) is 13.3 Å². The molecule has 5 heteroatoms. The van der Waals surface area contributed by atoms with Crippen molar-refractivity contribution >= 4 is 5.97 Å². The maximum atomic E-state index is 11.4. The molecule has 0 heterocycles. The average Bonchev–Trinajstić information content (AvgIpc) is 2.42. The summed E-state index contributed by atoms with van der Waals surface area (Å²) in [5.74, 6) is 0.642. The number of hydrogen-bond acceptors (Lipinski definition) is 5. The molecule has 0 radical (unpaired) electrons. The summed E-state index contributed by atoms with van der Waals surface area (Å²) in [7, 11) is 2.92. The topological polar surface area (TPSA) is 54.0 Å². The predicted molar refractivity (Wildman–Crippen MR) is 65.7 cm³/mol. The first kappa shape index (κ1) is 14.6. The van der Waals surface area contributed by atoms with Crippen molar-refractivity contribution in [2.24, 2.45) is 5.92 Å². The minimum Gasteiger partial charge on any atom is -0.493 e. The average molecular weight is 256 g/mol. The van der Waals surface area contributed by atoms with Crippen LogP contribution in [0.5, 0.6) is 0 Å². The summed E-state index contributed by atoms with van der Waals surface area (Å²) in [5.41, 5.74) is 0. The van der Waals surface area contributed by atoms with Gasteiger partial charge in [0.15, 0.2) is 11.5 Å². The minimum atomic E-state index is -0.302. The molecular formula is C13H20O5. The molecule has 0 aliphatic heterocycles. The fourth-order valence-electron chi connectivity index (χ4n) is 1.64. The van der Waals surface area contributed by atoms with Gasteiger partial charge < -0.3 is 18.9 Å². The van der Waals surface area contributed by atoms with Crippen LogP contribution >= 0.6 is 0 Å². The smallest absolute Gasteiger partial charge is 0.312 e. The third-order valence-corrected chi connectivity index (χ3v) is 2.57. The number of hydrogen-bond donors (Lipinski definition) is 0. The molecule has 0 aromatic rings. The van der Waals surface area contributed by atoms with Crippen LogP contribution in [0.1, 0.15) is 13.3 Å². The number of rotatable bonds is 7. The third-order valence-electron chi connectivity index (χ3n) is 2.57. The van der Waals surface area contributed by atoms with Gasteiger partial charge in [0.1, 0.15) is 6.61 Å². The molecule has 0 bridgehead atoms. The van der Waals surface area contributed by atoms with Crippen LogP contribution in [0.4, 0.5) is 0 Å². The number of carbonyl (C=O) groups is 1. The second kappa shape index (κ2) is 7.76. The first-order chi connectivity index (χ1) is 8.72. The molecule has 102 valence electrons. The Labute approximate surface area is 107 Å². The molecule has 0 N–H and O–H groups in total. The van der Waals surface area contributed by atoms with E-state index in [9.17, 15) is 4.79 Å². The van der Waals surface area contributed by atoms with E-state index < -0.39 is 0 Å². The van der Waals surface area contributed by atoms with Crippen molar-refractivity contribution in [3.8, 4) is 0 Å². The SMILES string of the molecule is CCOCCOC1=CCC(C(=O)OC)C=C1OC. The third kappa shape index (κ3) is 4.07. The lowest BCUT2D eigenvalue weighted by atomic mass is 9.99. The molecule has 0 aromatic carbocycles. The van der Waals surface area contributed by atoms with Crippen LogP contribution in [0.25, 0.3) is 0 Å². The van der Waals surface area contributed by atoms with E-state index in [2.05, 4.69) is 0 Å². The van der Waals surface area contributed by atoms with E-state index >= 15 is 0 Å². The molecule has 1 unspecified atom stereocenters. The van der Waals surface area contributed by atoms with E-state index in [1.165, 1.54) is 7.11 Å². The summed E-state index contributed by atoms with van der Waals surface area (Å²) < 4.78 is 20.6. The largest absolute Gasteiger partial charge is 0.493 e. The fraction of sp³-hybridized carbons (Fsp3) is 0.615. The second-order valence-corrected chi connectivity index (χ2v) is 3.71. The molecule has 0 spiro atoms. The van der Waals surface area contributed by atoms with E-state index in [0.29, 0.717) is 37.8 Å². The number of carbonyl (C=O) groups excluding carboxylic acids is 1. The van der Waals surface area contributed by atoms with Crippen molar-refractivity contribution in [2.75, 3.05) is 34.0 Å². The highest BCUT2D eigenvalue weighted by atomic mass is 16.5. The van der Waals surface area contributed by atoms with Gasteiger partial charge in [-0.15, -0.1) is 0 Å². The summed E-state index contributed by atoms with van der Waals surface area (Å²) in [6, 6.07) is 0. The van der Waals surface area contributed by atoms with Crippen molar-refractivity contribution in [3.05, 3.63) is 23.7 Å². The first-order valence-electron chi connectivity index (χ1n) is 5.97. The molecule has 18 heavy (non-hydrogen) atoms. The summed E-state index contributed by atoms with van der Waals surface area (Å²) >= 11 is 0. The van der Waals surface area contributed by atoms with E-state index in [1.807, 2.05) is 13.0 Å². The lowest BCUT2D eigenvalue weighted by Gasteiger charge is -2.19. The van der Waals surface area contributed by atoms with Gasteiger partial charge in [0, 0.05) is 6.61 Å². The quantitative estimate of drug-likeness (QED) is 0.512. The molecule has 1 aliphatic rings. The molecule has 0 aromatic heterocycles. The Kier molecular flexibility index (Phi) is 6.28. The van der Waals surface area contributed by atoms with Gasteiger partial charge in [0.05, 0.1) is 26.7 Å². The lowest BCUT2D eigenvalue weighted by molar-refractivity contribution is -0.143. The molecule has 0 saturated carbocycles. The fourth-order valence-corrected chi connectivity index (χ4v) is 1.64. The van der Waals surface area contributed by atoms with Crippen molar-refractivity contribution in [3.63, 3.8) is 0 Å². The van der Waals surface area contributed by atoms with Gasteiger partial charge in [0.25, 0.3) is 0 Å². The van der Waals surface area contributed by atoms with Gasteiger partial charge in [-0.2, -0.15) is 0 Å². The van der Waals surface area contributed by atoms with Gasteiger partial charge in [0.2, 0.25) is 0 Å². The maximum absolute atomic E-state index is 11.4. The van der Waals surface area contributed by atoms with Crippen LogP contribution in [-0.4, -0.2) is 40.0 Å². The molecule has 5 nitrogen and oxygen atoms in total. The van der Waals surface area contributed by atoms with Crippen molar-refractivity contribution in [1.82, 2.24) is 0 Å². The Balaban J connectivity index is 2.53. The highest BCUT2D eigenvalue weighted by Crippen LogP contribution is 2.25. The zero-order chi connectivity index (χ0) is 13.4. The van der Waals surface area contributed by atoms with Crippen molar-refractivity contribution in [1.29, 1.82) is 0 Å². The van der Waals surface area contributed by atoms with Crippen LogP contribution in [0.3, 0.4) is 0 Å². The normalized spacial score (nSPS) is 18.7. The van der Waals surface area contributed by atoms with Crippen molar-refractivity contribution < 1.29 is 23.7 Å².